The third-order valence-corrected chi connectivity index (χ3v) is 4.24. The summed E-state index contributed by atoms with van der Waals surface area (Å²) in [7, 11) is 0. The van der Waals surface area contributed by atoms with E-state index in [9.17, 15) is 4.79 Å². The Morgan fingerprint density at radius 1 is 1.35 bits per heavy atom. The number of carbonyl (C=O) groups excluding carboxylic acids is 1. The molecule has 5 heteroatoms. The Balaban J connectivity index is 1.61. The van der Waals surface area contributed by atoms with Crippen LogP contribution in [0.15, 0.2) is 35.7 Å². The molecule has 1 unspecified atom stereocenters. The second kappa shape index (κ2) is 5.63. The molecule has 0 saturated heterocycles. The van der Waals surface area contributed by atoms with Gasteiger partial charge in [-0.05, 0) is 25.7 Å². The lowest BCUT2D eigenvalue weighted by Gasteiger charge is -2.12. The van der Waals surface area contributed by atoms with Crippen LogP contribution in [0.4, 0.5) is 9.93 Å². The van der Waals surface area contributed by atoms with Gasteiger partial charge in [0.15, 0.2) is 5.13 Å². The highest BCUT2D eigenvalue weighted by Crippen LogP contribution is 2.32. The fourth-order valence-corrected chi connectivity index (χ4v) is 2.84. The smallest absolute Gasteiger partial charge is 0.321 e. The van der Waals surface area contributed by atoms with Gasteiger partial charge in [0.2, 0.25) is 0 Å². The molecular weight excluding hydrogens is 270 g/mol. The molecule has 1 saturated carbocycles. The fraction of sp³-hybridized carbons (Fsp3) is 0.333. The molecule has 4 nitrogen and oxygen atoms in total. The molecule has 0 bridgehead atoms. The van der Waals surface area contributed by atoms with E-state index >= 15 is 0 Å². The lowest BCUT2D eigenvalue weighted by atomic mass is 10.2. The van der Waals surface area contributed by atoms with Crippen molar-refractivity contribution in [1.82, 2.24) is 10.3 Å². The van der Waals surface area contributed by atoms with Crippen LogP contribution in [-0.4, -0.2) is 17.1 Å². The van der Waals surface area contributed by atoms with Gasteiger partial charge in [-0.15, -0.1) is 11.3 Å². The third kappa shape index (κ3) is 3.17. The summed E-state index contributed by atoms with van der Waals surface area (Å²) in [4.78, 5) is 16.3. The molecule has 3 rings (SSSR count). The van der Waals surface area contributed by atoms with Crippen LogP contribution >= 0.6 is 11.3 Å². The van der Waals surface area contributed by atoms with Crippen LogP contribution in [-0.2, 0) is 0 Å². The molecule has 1 heterocycles. The summed E-state index contributed by atoms with van der Waals surface area (Å²) in [5.74, 6) is 0.650. The number of benzene rings is 1. The van der Waals surface area contributed by atoms with Crippen LogP contribution in [0.1, 0.15) is 19.8 Å². The molecule has 1 fully saturated rings. The Morgan fingerprint density at radius 2 is 2.10 bits per heavy atom. The van der Waals surface area contributed by atoms with Gasteiger partial charge in [-0.1, -0.05) is 30.3 Å². The van der Waals surface area contributed by atoms with Gasteiger partial charge in [0.05, 0.1) is 5.69 Å². The van der Waals surface area contributed by atoms with E-state index in [1.807, 2.05) is 35.7 Å². The monoisotopic (exact) mass is 287 g/mol. The van der Waals surface area contributed by atoms with Crippen molar-refractivity contribution in [1.29, 1.82) is 0 Å². The van der Waals surface area contributed by atoms with E-state index in [4.69, 9.17) is 0 Å². The van der Waals surface area contributed by atoms with Crippen LogP contribution in [0, 0.1) is 5.92 Å². The Bertz CT molecular complexity index is 592. The summed E-state index contributed by atoms with van der Waals surface area (Å²) >= 11 is 1.44. The quantitative estimate of drug-likeness (QED) is 0.900. The van der Waals surface area contributed by atoms with Gasteiger partial charge in [0.25, 0.3) is 0 Å². The van der Waals surface area contributed by atoms with Crippen molar-refractivity contribution in [3.63, 3.8) is 0 Å². The number of amides is 2. The fourth-order valence-electron chi connectivity index (χ4n) is 2.13. The van der Waals surface area contributed by atoms with E-state index in [1.165, 1.54) is 24.2 Å². The van der Waals surface area contributed by atoms with Crippen LogP contribution < -0.4 is 10.6 Å². The lowest BCUT2D eigenvalue weighted by molar-refractivity contribution is 0.248. The maximum absolute atomic E-state index is 11.8. The largest absolute Gasteiger partial charge is 0.335 e. The number of carbonyl (C=O) groups is 1. The SMILES string of the molecule is CC(NC(=O)Nc1nc(-c2ccccc2)cs1)C1CC1. The van der Waals surface area contributed by atoms with Crippen molar-refractivity contribution in [2.24, 2.45) is 5.92 Å². The first kappa shape index (κ1) is 13.1. The van der Waals surface area contributed by atoms with Crippen LogP contribution in [0.2, 0.25) is 0 Å². The summed E-state index contributed by atoms with van der Waals surface area (Å²) in [6.45, 7) is 2.05. The molecule has 0 aliphatic heterocycles. The molecule has 2 amide bonds. The van der Waals surface area contributed by atoms with Gasteiger partial charge in [-0.25, -0.2) is 9.78 Å². The van der Waals surface area contributed by atoms with Gasteiger partial charge in [0.1, 0.15) is 0 Å². The molecule has 104 valence electrons. The van der Waals surface area contributed by atoms with Crippen molar-refractivity contribution < 1.29 is 4.79 Å². The average molecular weight is 287 g/mol. The van der Waals surface area contributed by atoms with E-state index in [1.54, 1.807) is 0 Å². The van der Waals surface area contributed by atoms with Crippen molar-refractivity contribution in [3.8, 4) is 11.3 Å². The normalized spacial score (nSPS) is 15.7. The van der Waals surface area contributed by atoms with E-state index in [2.05, 4.69) is 22.5 Å². The topological polar surface area (TPSA) is 54.0 Å². The maximum Gasteiger partial charge on any atom is 0.321 e. The second-order valence-corrected chi connectivity index (χ2v) is 5.99. The first-order valence-corrected chi connectivity index (χ1v) is 7.69. The minimum atomic E-state index is -0.168. The van der Waals surface area contributed by atoms with Gasteiger partial charge in [-0.3, -0.25) is 5.32 Å². The average Bonchev–Trinajstić information content (AvgIpc) is 3.21. The molecule has 0 radical (unpaired) electrons. The molecule has 1 aromatic carbocycles. The Kier molecular flexibility index (Phi) is 3.69. The number of nitrogens with one attached hydrogen (secondary N) is 2. The number of rotatable bonds is 4. The van der Waals surface area contributed by atoms with Crippen molar-refractivity contribution in [3.05, 3.63) is 35.7 Å². The molecule has 1 aliphatic carbocycles. The molecule has 1 aromatic heterocycles. The van der Waals surface area contributed by atoms with E-state index in [0.29, 0.717) is 11.0 Å². The summed E-state index contributed by atoms with van der Waals surface area (Å²) in [6, 6.07) is 10.0. The minimum absolute atomic E-state index is 0.168. The highest BCUT2D eigenvalue weighted by atomic mass is 32.1. The number of anilines is 1. The Hall–Kier alpha value is -1.88. The number of urea groups is 1. The standard InChI is InChI=1S/C15H17N3OS/c1-10(11-7-8-11)16-14(19)18-15-17-13(9-20-15)12-5-3-2-4-6-12/h2-6,9-11H,7-8H2,1H3,(H2,16,17,18,19). The zero-order valence-corrected chi connectivity index (χ0v) is 12.1. The third-order valence-electron chi connectivity index (χ3n) is 3.48. The van der Waals surface area contributed by atoms with E-state index in [0.717, 1.165) is 11.3 Å². The number of aromatic nitrogens is 1. The summed E-state index contributed by atoms with van der Waals surface area (Å²) in [6.07, 6.45) is 2.44. The summed E-state index contributed by atoms with van der Waals surface area (Å²) in [5, 5.41) is 8.34. The van der Waals surface area contributed by atoms with Gasteiger partial charge in [-0.2, -0.15) is 0 Å². The van der Waals surface area contributed by atoms with Crippen LogP contribution in [0.3, 0.4) is 0 Å². The second-order valence-electron chi connectivity index (χ2n) is 5.13. The predicted octanol–water partition coefficient (Wildman–Crippen LogP) is 3.73. The molecule has 20 heavy (non-hydrogen) atoms. The van der Waals surface area contributed by atoms with Crippen molar-refractivity contribution >= 4 is 22.5 Å². The van der Waals surface area contributed by atoms with Crippen molar-refractivity contribution in [2.45, 2.75) is 25.8 Å². The van der Waals surface area contributed by atoms with Crippen molar-refractivity contribution in [2.75, 3.05) is 5.32 Å². The van der Waals surface area contributed by atoms with Crippen LogP contribution in [0.25, 0.3) is 11.3 Å². The summed E-state index contributed by atoms with van der Waals surface area (Å²) < 4.78 is 0. The molecular formula is C15H17N3OS. The number of hydrogen-bond donors (Lipinski definition) is 2. The first-order chi connectivity index (χ1) is 9.72. The molecule has 1 atom stereocenters. The number of nitrogens with zero attached hydrogens (tertiary/aromatic N) is 1. The highest BCUT2D eigenvalue weighted by Gasteiger charge is 2.28. The molecule has 2 aromatic rings. The van der Waals surface area contributed by atoms with E-state index < -0.39 is 0 Å². The van der Waals surface area contributed by atoms with Gasteiger partial charge >= 0.3 is 6.03 Å². The first-order valence-electron chi connectivity index (χ1n) is 6.81. The van der Waals surface area contributed by atoms with E-state index in [-0.39, 0.29) is 12.1 Å². The molecule has 0 spiro atoms. The number of hydrogen-bond acceptors (Lipinski definition) is 3. The zero-order chi connectivity index (χ0) is 13.9. The number of thiazole rings is 1. The van der Waals surface area contributed by atoms with Crippen LogP contribution in [0.5, 0.6) is 0 Å². The highest BCUT2D eigenvalue weighted by molar-refractivity contribution is 7.14. The summed E-state index contributed by atoms with van der Waals surface area (Å²) in [5.41, 5.74) is 1.95. The van der Waals surface area contributed by atoms with Gasteiger partial charge < -0.3 is 5.32 Å². The maximum atomic E-state index is 11.8. The minimum Gasteiger partial charge on any atom is -0.335 e. The predicted molar refractivity (Wildman–Crippen MR) is 81.9 cm³/mol. The van der Waals surface area contributed by atoms with Gasteiger partial charge in [0, 0.05) is 17.0 Å². The zero-order valence-electron chi connectivity index (χ0n) is 11.3. The Labute approximate surface area is 122 Å². The molecule has 1 aliphatic rings. The molecule has 2 N–H and O–H groups in total. The Morgan fingerprint density at radius 3 is 2.80 bits per heavy atom. The lowest BCUT2D eigenvalue weighted by Crippen LogP contribution is -2.37.